The Morgan fingerprint density at radius 2 is 1.67 bits per heavy atom. The molecule has 1 N–H and O–H groups in total. The summed E-state index contributed by atoms with van der Waals surface area (Å²) in [6.45, 7) is 4.25. The van der Waals surface area contributed by atoms with Crippen LogP contribution in [0.4, 0.5) is 17.5 Å². The van der Waals surface area contributed by atoms with E-state index in [2.05, 4.69) is 46.6 Å². The molecule has 0 aliphatic rings. The second kappa shape index (κ2) is 9.69. The van der Waals surface area contributed by atoms with E-state index in [1.54, 1.807) is 7.11 Å². The van der Waals surface area contributed by atoms with Gasteiger partial charge in [-0.05, 0) is 31.0 Å². The van der Waals surface area contributed by atoms with E-state index in [1.165, 1.54) is 5.56 Å². The second-order valence-corrected chi connectivity index (χ2v) is 6.37. The molecule has 0 radical (unpaired) electrons. The van der Waals surface area contributed by atoms with Crippen LogP contribution in [-0.4, -0.2) is 30.2 Å². The Hall–Kier alpha value is -2.92. The Bertz CT molecular complexity index is 824. The predicted octanol–water partition coefficient (Wildman–Crippen LogP) is 4.57. The van der Waals surface area contributed by atoms with Crippen LogP contribution in [0.1, 0.15) is 17.7 Å². The van der Waals surface area contributed by atoms with Crippen molar-refractivity contribution < 1.29 is 4.74 Å². The quantitative estimate of drug-likeness (QED) is 0.565. The molecule has 0 aliphatic heterocycles. The number of aryl methyl sites for hydroxylation is 1. The molecular weight excluding hydrogens is 336 g/mol. The summed E-state index contributed by atoms with van der Waals surface area (Å²) in [5.74, 6) is 1.53. The van der Waals surface area contributed by atoms with Crippen LogP contribution in [0, 0.1) is 6.92 Å². The SMILES string of the molecule is COCCCNc1cc(C)nc(N(Cc2ccccc2)c2ccccc2)n1. The number of benzene rings is 2. The smallest absolute Gasteiger partial charge is 0.232 e. The average Bonchev–Trinajstić information content (AvgIpc) is 2.70. The lowest BCUT2D eigenvalue weighted by atomic mass is 10.2. The van der Waals surface area contributed by atoms with Gasteiger partial charge >= 0.3 is 0 Å². The van der Waals surface area contributed by atoms with Crippen molar-refractivity contribution in [1.29, 1.82) is 0 Å². The summed E-state index contributed by atoms with van der Waals surface area (Å²) in [5.41, 5.74) is 3.21. The fourth-order valence-electron chi connectivity index (χ4n) is 2.85. The lowest BCUT2D eigenvalue weighted by Crippen LogP contribution is -2.20. The second-order valence-electron chi connectivity index (χ2n) is 6.37. The summed E-state index contributed by atoms with van der Waals surface area (Å²) in [5, 5.41) is 3.37. The molecule has 1 heterocycles. The number of rotatable bonds is 9. The minimum Gasteiger partial charge on any atom is -0.385 e. The number of ether oxygens (including phenoxy) is 1. The average molecular weight is 362 g/mol. The Morgan fingerprint density at radius 1 is 0.963 bits per heavy atom. The molecule has 0 saturated heterocycles. The highest BCUT2D eigenvalue weighted by molar-refractivity contribution is 5.59. The number of nitrogens with zero attached hydrogens (tertiary/aromatic N) is 3. The van der Waals surface area contributed by atoms with Gasteiger partial charge in [0, 0.05) is 37.7 Å². The third-order valence-electron chi connectivity index (χ3n) is 4.17. The molecule has 0 aliphatic carbocycles. The highest BCUT2D eigenvalue weighted by atomic mass is 16.5. The van der Waals surface area contributed by atoms with Crippen molar-refractivity contribution in [2.24, 2.45) is 0 Å². The minimum atomic E-state index is 0.694. The zero-order chi connectivity index (χ0) is 18.9. The molecule has 0 saturated carbocycles. The Morgan fingerprint density at radius 3 is 2.37 bits per heavy atom. The Balaban J connectivity index is 1.88. The van der Waals surface area contributed by atoms with Gasteiger partial charge in [-0.1, -0.05) is 48.5 Å². The highest BCUT2D eigenvalue weighted by Gasteiger charge is 2.14. The summed E-state index contributed by atoms with van der Waals surface area (Å²) >= 11 is 0. The summed E-state index contributed by atoms with van der Waals surface area (Å²) in [4.78, 5) is 11.6. The fraction of sp³-hybridized carbons (Fsp3) is 0.273. The molecule has 3 rings (SSSR count). The lowest BCUT2D eigenvalue weighted by molar-refractivity contribution is 0.198. The van der Waals surface area contributed by atoms with E-state index in [4.69, 9.17) is 14.7 Å². The topological polar surface area (TPSA) is 50.3 Å². The van der Waals surface area contributed by atoms with Crippen LogP contribution < -0.4 is 10.2 Å². The van der Waals surface area contributed by atoms with E-state index in [0.717, 1.165) is 36.8 Å². The van der Waals surface area contributed by atoms with Crippen molar-refractivity contribution in [3.05, 3.63) is 78.0 Å². The van der Waals surface area contributed by atoms with Gasteiger partial charge in [0.15, 0.2) is 0 Å². The molecule has 0 amide bonds. The van der Waals surface area contributed by atoms with Crippen LogP contribution in [0.15, 0.2) is 66.7 Å². The number of para-hydroxylation sites is 1. The minimum absolute atomic E-state index is 0.694. The van der Waals surface area contributed by atoms with Gasteiger partial charge in [0.1, 0.15) is 5.82 Å². The van der Waals surface area contributed by atoms with Gasteiger partial charge in [-0.25, -0.2) is 4.98 Å². The molecule has 0 unspecified atom stereocenters. The molecule has 1 aromatic heterocycles. The summed E-state index contributed by atoms with van der Waals surface area (Å²) in [6.07, 6.45) is 0.932. The van der Waals surface area contributed by atoms with Crippen molar-refractivity contribution in [1.82, 2.24) is 9.97 Å². The number of aromatic nitrogens is 2. The number of anilines is 3. The number of hydrogen-bond donors (Lipinski definition) is 1. The van der Waals surface area contributed by atoms with Crippen molar-refractivity contribution in [3.8, 4) is 0 Å². The first kappa shape index (κ1) is 18.9. The highest BCUT2D eigenvalue weighted by Crippen LogP contribution is 2.25. The molecular formula is C22H26N4O. The molecule has 140 valence electrons. The van der Waals surface area contributed by atoms with E-state index >= 15 is 0 Å². The van der Waals surface area contributed by atoms with E-state index in [-0.39, 0.29) is 0 Å². The van der Waals surface area contributed by atoms with Crippen molar-refractivity contribution in [3.63, 3.8) is 0 Å². The molecule has 27 heavy (non-hydrogen) atoms. The van der Waals surface area contributed by atoms with Crippen molar-refractivity contribution >= 4 is 17.5 Å². The largest absolute Gasteiger partial charge is 0.385 e. The van der Waals surface area contributed by atoms with Gasteiger partial charge in [-0.2, -0.15) is 4.98 Å². The molecule has 2 aromatic carbocycles. The summed E-state index contributed by atoms with van der Waals surface area (Å²) in [6, 6.07) is 22.6. The van der Waals surface area contributed by atoms with Crippen LogP contribution in [0.2, 0.25) is 0 Å². The van der Waals surface area contributed by atoms with Gasteiger partial charge in [0.2, 0.25) is 5.95 Å². The fourth-order valence-corrected chi connectivity index (χ4v) is 2.85. The summed E-state index contributed by atoms with van der Waals surface area (Å²) in [7, 11) is 1.72. The first-order chi connectivity index (χ1) is 13.3. The van der Waals surface area contributed by atoms with E-state index < -0.39 is 0 Å². The van der Waals surface area contributed by atoms with Gasteiger partial charge in [-0.15, -0.1) is 0 Å². The third-order valence-corrected chi connectivity index (χ3v) is 4.17. The predicted molar refractivity (Wildman–Crippen MR) is 110 cm³/mol. The zero-order valence-corrected chi connectivity index (χ0v) is 15.9. The van der Waals surface area contributed by atoms with Crippen LogP contribution in [0.5, 0.6) is 0 Å². The summed E-state index contributed by atoms with van der Waals surface area (Å²) < 4.78 is 5.11. The third kappa shape index (κ3) is 5.53. The first-order valence-electron chi connectivity index (χ1n) is 9.21. The lowest BCUT2D eigenvalue weighted by Gasteiger charge is -2.24. The van der Waals surface area contributed by atoms with Gasteiger partial charge < -0.3 is 15.0 Å². The number of hydrogen-bond acceptors (Lipinski definition) is 5. The van der Waals surface area contributed by atoms with Gasteiger partial charge in [0.05, 0.1) is 6.54 Å². The molecule has 0 bridgehead atoms. The molecule has 0 fully saturated rings. The molecule has 0 spiro atoms. The monoisotopic (exact) mass is 362 g/mol. The van der Waals surface area contributed by atoms with Crippen LogP contribution in [-0.2, 0) is 11.3 Å². The van der Waals surface area contributed by atoms with E-state index in [1.807, 2.05) is 37.3 Å². The number of nitrogens with one attached hydrogen (secondary N) is 1. The van der Waals surface area contributed by atoms with Crippen molar-refractivity contribution in [2.75, 3.05) is 30.5 Å². The number of methoxy groups -OCH3 is 1. The normalized spacial score (nSPS) is 10.6. The Kier molecular flexibility index (Phi) is 6.77. The van der Waals surface area contributed by atoms with E-state index in [9.17, 15) is 0 Å². The molecule has 5 nitrogen and oxygen atoms in total. The maximum atomic E-state index is 5.11. The zero-order valence-electron chi connectivity index (χ0n) is 15.9. The van der Waals surface area contributed by atoms with Gasteiger partial charge in [-0.3, -0.25) is 0 Å². The van der Waals surface area contributed by atoms with Crippen LogP contribution >= 0.6 is 0 Å². The maximum Gasteiger partial charge on any atom is 0.232 e. The van der Waals surface area contributed by atoms with E-state index in [0.29, 0.717) is 12.5 Å². The van der Waals surface area contributed by atoms with Gasteiger partial charge in [0.25, 0.3) is 0 Å². The molecule has 3 aromatic rings. The first-order valence-corrected chi connectivity index (χ1v) is 9.21. The molecule has 5 heteroatoms. The molecule has 0 atom stereocenters. The van der Waals surface area contributed by atoms with Crippen molar-refractivity contribution in [2.45, 2.75) is 19.9 Å². The Labute approximate surface area is 161 Å². The van der Waals surface area contributed by atoms with Crippen LogP contribution in [0.25, 0.3) is 0 Å². The standard InChI is InChI=1S/C22H26N4O/c1-18-16-21(23-14-9-15-27-2)25-22(24-18)26(20-12-7-4-8-13-20)17-19-10-5-3-6-11-19/h3-8,10-13,16H,9,14-15,17H2,1-2H3,(H,23,24,25). The maximum absolute atomic E-state index is 5.11. The van der Waals surface area contributed by atoms with Crippen LogP contribution in [0.3, 0.4) is 0 Å².